The van der Waals surface area contributed by atoms with Gasteiger partial charge in [0, 0.05) is 19.3 Å². The van der Waals surface area contributed by atoms with Crippen molar-refractivity contribution in [1.29, 1.82) is 0 Å². The summed E-state index contributed by atoms with van der Waals surface area (Å²) in [6.45, 7) is 0.380. The summed E-state index contributed by atoms with van der Waals surface area (Å²) in [5, 5.41) is 7.55. The Bertz CT molecular complexity index is 760. The number of carbonyl (C=O) groups is 3. The van der Waals surface area contributed by atoms with Gasteiger partial charge in [0.15, 0.2) is 6.61 Å². The Morgan fingerprint density at radius 2 is 1.93 bits per heavy atom. The van der Waals surface area contributed by atoms with E-state index in [2.05, 4.69) is 16.0 Å². The van der Waals surface area contributed by atoms with Crippen LogP contribution in [0.5, 0.6) is 0 Å². The van der Waals surface area contributed by atoms with Crippen LogP contribution >= 0.6 is 0 Å². The van der Waals surface area contributed by atoms with E-state index in [1.54, 1.807) is 42.7 Å². The molecule has 2 rings (SSSR count). The number of para-hydroxylation sites is 1. The summed E-state index contributed by atoms with van der Waals surface area (Å²) in [5.74, 6) is -0.719. The molecular weight excluding hydrogens is 354 g/mol. The second-order valence-electron chi connectivity index (χ2n) is 5.35. The third-order valence-electron chi connectivity index (χ3n) is 3.36. The van der Waals surface area contributed by atoms with E-state index in [0.717, 1.165) is 0 Å². The van der Waals surface area contributed by atoms with Crippen molar-refractivity contribution in [3.05, 3.63) is 54.0 Å². The van der Waals surface area contributed by atoms with Crippen molar-refractivity contribution in [2.75, 3.05) is 32.2 Å². The van der Waals surface area contributed by atoms with E-state index in [1.807, 2.05) is 0 Å². The Hall–Kier alpha value is -3.33. The van der Waals surface area contributed by atoms with E-state index in [1.165, 1.54) is 7.11 Å². The monoisotopic (exact) mass is 375 g/mol. The van der Waals surface area contributed by atoms with Gasteiger partial charge in [0.2, 0.25) is 0 Å². The summed E-state index contributed by atoms with van der Waals surface area (Å²) in [7, 11) is 1.49. The zero-order valence-corrected chi connectivity index (χ0v) is 14.8. The standard InChI is InChI=1S/C18H21N3O6/c1-25-10-8-19-18(24)21-16(22)12-27-17(23)14-6-2-3-7-15(14)20-11-13-5-4-9-26-13/h2-7,9,20H,8,10-12H2,1H3,(H2,19,21,22,24). The molecule has 0 aliphatic heterocycles. The van der Waals surface area contributed by atoms with Crippen LogP contribution in [0, 0.1) is 0 Å². The van der Waals surface area contributed by atoms with Gasteiger partial charge in [0.1, 0.15) is 5.76 Å². The predicted octanol–water partition coefficient (Wildman–Crippen LogP) is 1.52. The fourth-order valence-corrected chi connectivity index (χ4v) is 2.09. The van der Waals surface area contributed by atoms with Gasteiger partial charge in [-0.1, -0.05) is 12.1 Å². The number of ether oxygens (including phenoxy) is 2. The number of hydrogen-bond donors (Lipinski definition) is 3. The summed E-state index contributed by atoms with van der Waals surface area (Å²) in [4.78, 5) is 35.4. The van der Waals surface area contributed by atoms with Crippen LogP contribution in [0.1, 0.15) is 16.1 Å². The third-order valence-corrected chi connectivity index (χ3v) is 3.36. The van der Waals surface area contributed by atoms with Gasteiger partial charge >= 0.3 is 12.0 Å². The van der Waals surface area contributed by atoms with Gasteiger partial charge < -0.3 is 24.5 Å². The highest BCUT2D eigenvalue weighted by Crippen LogP contribution is 2.17. The van der Waals surface area contributed by atoms with Crippen molar-refractivity contribution >= 4 is 23.6 Å². The molecule has 9 heteroatoms. The van der Waals surface area contributed by atoms with Gasteiger partial charge in [-0.25, -0.2) is 9.59 Å². The Kier molecular flexibility index (Phi) is 7.86. The minimum absolute atomic E-state index is 0.254. The van der Waals surface area contributed by atoms with Crippen molar-refractivity contribution in [2.45, 2.75) is 6.54 Å². The van der Waals surface area contributed by atoms with Crippen molar-refractivity contribution < 1.29 is 28.3 Å². The van der Waals surface area contributed by atoms with E-state index in [4.69, 9.17) is 13.9 Å². The molecule has 0 aliphatic rings. The first kappa shape index (κ1) is 20.0. The first-order valence-electron chi connectivity index (χ1n) is 8.19. The molecule has 0 aliphatic carbocycles. The Morgan fingerprint density at radius 1 is 1.11 bits per heavy atom. The average Bonchev–Trinajstić information content (AvgIpc) is 3.18. The van der Waals surface area contributed by atoms with E-state index in [9.17, 15) is 14.4 Å². The molecular formula is C18H21N3O6. The maximum atomic E-state index is 12.2. The molecule has 1 heterocycles. The molecule has 0 saturated carbocycles. The number of amides is 3. The number of imide groups is 1. The highest BCUT2D eigenvalue weighted by molar-refractivity contribution is 5.99. The van der Waals surface area contributed by atoms with Crippen LogP contribution in [0.3, 0.4) is 0 Å². The number of furan rings is 1. The number of hydrogen-bond acceptors (Lipinski definition) is 7. The normalized spacial score (nSPS) is 10.1. The highest BCUT2D eigenvalue weighted by atomic mass is 16.5. The molecule has 1 aromatic heterocycles. The van der Waals surface area contributed by atoms with Gasteiger partial charge in [0.05, 0.1) is 25.0 Å². The Morgan fingerprint density at radius 3 is 2.67 bits per heavy atom. The molecule has 2 aromatic rings. The van der Waals surface area contributed by atoms with E-state index < -0.39 is 24.5 Å². The number of esters is 1. The van der Waals surface area contributed by atoms with E-state index in [-0.39, 0.29) is 12.1 Å². The van der Waals surface area contributed by atoms with Gasteiger partial charge in [-0.3, -0.25) is 10.1 Å². The highest BCUT2D eigenvalue weighted by Gasteiger charge is 2.15. The lowest BCUT2D eigenvalue weighted by molar-refractivity contribution is -0.123. The van der Waals surface area contributed by atoms with Gasteiger partial charge in [-0.05, 0) is 24.3 Å². The molecule has 0 fully saturated rings. The molecule has 0 bridgehead atoms. The number of anilines is 1. The molecule has 1 aromatic carbocycles. The summed E-state index contributed by atoms with van der Waals surface area (Å²) in [5.41, 5.74) is 0.804. The van der Waals surface area contributed by atoms with Crippen LogP contribution in [-0.4, -0.2) is 44.8 Å². The number of carbonyl (C=O) groups excluding carboxylic acids is 3. The summed E-state index contributed by atoms with van der Waals surface area (Å²) >= 11 is 0. The van der Waals surface area contributed by atoms with Crippen molar-refractivity contribution in [3.63, 3.8) is 0 Å². The van der Waals surface area contributed by atoms with Gasteiger partial charge in [0.25, 0.3) is 5.91 Å². The SMILES string of the molecule is COCCNC(=O)NC(=O)COC(=O)c1ccccc1NCc1ccco1. The molecule has 27 heavy (non-hydrogen) atoms. The lowest BCUT2D eigenvalue weighted by Gasteiger charge is -2.11. The summed E-state index contributed by atoms with van der Waals surface area (Å²) < 4.78 is 15.0. The zero-order valence-electron chi connectivity index (χ0n) is 14.8. The summed E-state index contributed by atoms with van der Waals surface area (Å²) in [6.07, 6.45) is 1.56. The predicted molar refractivity (Wildman–Crippen MR) is 96.2 cm³/mol. The molecule has 0 unspecified atom stereocenters. The van der Waals surface area contributed by atoms with E-state index in [0.29, 0.717) is 24.6 Å². The summed E-state index contributed by atoms with van der Waals surface area (Å²) in [6, 6.07) is 9.60. The van der Waals surface area contributed by atoms with Crippen LogP contribution in [0.25, 0.3) is 0 Å². The number of methoxy groups -OCH3 is 1. The number of benzene rings is 1. The number of nitrogens with one attached hydrogen (secondary N) is 3. The van der Waals surface area contributed by atoms with Crippen LogP contribution in [-0.2, 0) is 20.8 Å². The van der Waals surface area contributed by atoms with Crippen LogP contribution < -0.4 is 16.0 Å². The Labute approximate surface area is 156 Å². The first-order chi connectivity index (χ1) is 13.1. The number of urea groups is 1. The third kappa shape index (κ3) is 6.83. The Balaban J connectivity index is 1.83. The smallest absolute Gasteiger partial charge is 0.340 e. The molecule has 0 saturated heterocycles. The quantitative estimate of drug-likeness (QED) is 0.449. The van der Waals surface area contributed by atoms with Crippen molar-refractivity contribution in [1.82, 2.24) is 10.6 Å². The average molecular weight is 375 g/mol. The second-order valence-corrected chi connectivity index (χ2v) is 5.35. The zero-order chi connectivity index (χ0) is 19.5. The maximum Gasteiger partial charge on any atom is 0.340 e. The molecule has 3 N–H and O–H groups in total. The molecule has 144 valence electrons. The molecule has 0 spiro atoms. The van der Waals surface area contributed by atoms with Crippen molar-refractivity contribution in [3.8, 4) is 0 Å². The minimum Gasteiger partial charge on any atom is -0.467 e. The fraction of sp³-hybridized carbons (Fsp3) is 0.278. The molecule has 0 atom stereocenters. The maximum absolute atomic E-state index is 12.2. The molecule has 9 nitrogen and oxygen atoms in total. The van der Waals surface area contributed by atoms with E-state index >= 15 is 0 Å². The van der Waals surface area contributed by atoms with Crippen LogP contribution in [0.15, 0.2) is 47.1 Å². The van der Waals surface area contributed by atoms with Crippen LogP contribution in [0.4, 0.5) is 10.5 Å². The largest absolute Gasteiger partial charge is 0.467 e. The lowest BCUT2D eigenvalue weighted by atomic mass is 10.2. The van der Waals surface area contributed by atoms with Gasteiger partial charge in [-0.2, -0.15) is 0 Å². The first-order valence-corrected chi connectivity index (χ1v) is 8.19. The fourth-order valence-electron chi connectivity index (χ4n) is 2.09. The van der Waals surface area contributed by atoms with Crippen LogP contribution in [0.2, 0.25) is 0 Å². The number of rotatable bonds is 9. The molecule has 3 amide bonds. The minimum atomic E-state index is -0.737. The van der Waals surface area contributed by atoms with Crippen molar-refractivity contribution in [2.24, 2.45) is 0 Å². The molecule has 0 radical (unpaired) electrons. The second kappa shape index (κ2) is 10.6. The van der Waals surface area contributed by atoms with Gasteiger partial charge in [-0.15, -0.1) is 0 Å². The topological polar surface area (TPSA) is 119 Å². The lowest BCUT2D eigenvalue weighted by Crippen LogP contribution is -2.42.